The van der Waals surface area contributed by atoms with Gasteiger partial charge >= 0.3 is 6.03 Å². The molecule has 2 amide bonds. The van der Waals surface area contributed by atoms with Crippen LogP contribution in [0.3, 0.4) is 0 Å². The summed E-state index contributed by atoms with van der Waals surface area (Å²) in [4.78, 5) is 11.9. The number of amides is 2. The van der Waals surface area contributed by atoms with Gasteiger partial charge < -0.3 is 15.4 Å². The SMILES string of the molecule is CC(NC(=O)NCC1CCOC1)c1ccc(S(N)(=O)=O)cc1. The fraction of sp³-hybridized carbons (Fsp3) is 0.500. The summed E-state index contributed by atoms with van der Waals surface area (Å²) in [5, 5.41) is 10.7. The van der Waals surface area contributed by atoms with Crippen molar-refractivity contribution in [3.8, 4) is 0 Å². The highest BCUT2D eigenvalue weighted by molar-refractivity contribution is 7.89. The molecule has 8 heteroatoms. The zero-order valence-electron chi connectivity index (χ0n) is 12.4. The predicted octanol–water partition coefficient (Wildman–Crippen LogP) is 0.731. The minimum atomic E-state index is -3.70. The number of rotatable bonds is 5. The normalized spacial score (nSPS) is 19.6. The molecule has 22 heavy (non-hydrogen) atoms. The number of carbonyl (C=O) groups is 1. The van der Waals surface area contributed by atoms with E-state index in [2.05, 4.69) is 10.6 Å². The van der Waals surface area contributed by atoms with Gasteiger partial charge in [-0.15, -0.1) is 0 Å². The highest BCUT2D eigenvalue weighted by Gasteiger charge is 2.17. The van der Waals surface area contributed by atoms with Crippen molar-refractivity contribution in [2.75, 3.05) is 19.8 Å². The molecule has 1 aliphatic heterocycles. The highest BCUT2D eigenvalue weighted by atomic mass is 32.2. The number of hydrogen-bond donors (Lipinski definition) is 3. The molecule has 122 valence electrons. The van der Waals surface area contributed by atoms with E-state index in [1.807, 2.05) is 6.92 Å². The van der Waals surface area contributed by atoms with Crippen LogP contribution < -0.4 is 15.8 Å². The van der Waals surface area contributed by atoms with Crippen molar-refractivity contribution >= 4 is 16.1 Å². The third-order valence-corrected chi connectivity index (χ3v) is 4.56. The maximum atomic E-state index is 11.8. The van der Waals surface area contributed by atoms with Crippen molar-refractivity contribution in [2.24, 2.45) is 11.1 Å². The molecule has 2 atom stereocenters. The van der Waals surface area contributed by atoms with Crippen molar-refractivity contribution < 1.29 is 17.9 Å². The molecular formula is C14H21N3O4S. The van der Waals surface area contributed by atoms with Crippen molar-refractivity contribution in [2.45, 2.75) is 24.3 Å². The van der Waals surface area contributed by atoms with Crippen molar-refractivity contribution in [3.05, 3.63) is 29.8 Å². The van der Waals surface area contributed by atoms with Crippen molar-refractivity contribution in [3.63, 3.8) is 0 Å². The Bertz CT molecular complexity index is 609. The molecule has 7 nitrogen and oxygen atoms in total. The fourth-order valence-electron chi connectivity index (χ4n) is 2.26. The Morgan fingerprint density at radius 2 is 2.09 bits per heavy atom. The predicted molar refractivity (Wildman–Crippen MR) is 81.7 cm³/mol. The molecule has 1 fully saturated rings. The van der Waals surface area contributed by atoms with Gasteiger partial charge in [-0.25, -0.2) is 18.4 Å². The number of nitrogens with two attached hydrogens (primary N) is 1. The Balaban J connectivity index is 1.85. The summed E-state index contributed by atoms with van der Waals surface area (Å²) in [5.41, 5.74) is 0.798. The molecule has 1 saturated heterocycles. The van der Waals surface area contributed by atoms with Gasteiger partial charge in [0.15, 0.2) is 0 Å². The average Bonchev–Trinajstić information content (AvgIpc) is 2.97. The molecule has 2 unspecified atom stereocenters. The van der Waals surface area contributed by atoms with E-state index in [0.29, 0.717) is 19.1 Å². The van der Waals surface area contributed by atoms with Gasteiger partial charge in [0, 0.05) is 19.1 Å². The zero-order chi connectivity index (χ0) is 16.2. The fourth-order valence-corrected chi connectivity index (χ4v) is 2.77. The van der Waals surface area contributed by atoms with Gasteiger partial charge in [0.1, 0.15) is 0 Å². The molecule has 1 aromatic carbocycles. The van der Waals surface area contributed by atoms with Gasteiger partial charge in [0.2, 0.25) is 10.0 Å². The molecule has 1 aliphatic rings. The molecule has 0 aromatic heterocycles. The van der Waals surface area contributed by atoms with Crippen LogP contribution in [0.25, 0.3) is 0 Å². The highest BCUT2D eigenvalue weighted by Crippen LogP contribution is 2.15. The number of sulfonamides is 1. The number of primary sulfonamides is 1. The number of hydrogen-bond acceptors (Lipinski definition) is 4. The third kappa shape index (κ3) is 4.69. The Kier molecular flexibility index (Phi) is 5.38. The van der Waals surface area contributed by atoms with Crippen LogP contribution in [-0.4, -0.2) is 34.2 Å². The molecule has 2 rings (SSSR count). The van der Waals surface area contributed by atoms with E-state index in [9.17, 15) is 13.2 Å². The molecular weight excluding hydrogens is 306 g/mol. The second kappa shape index (κ2) is 7.08. The smallest absolute Gasteiger partial charge is 0.315 e. The number of nitrogens with one attached hydrogen (secondary N) is 2. The Morgan fingerprint density at radius 1 is 1.41 bits per heavy atom. The molecule has 4 N–H and O–H groups in total. The summed E-state index contributed by atoms with van der Waals surface area (Å²) >= 11 is 0. The van der Waals surface area contributed by atoms with E-state index in [4.69, 9.17) is 9.88 Å². The van der Waals surface area contributed by atoms with E-state index < -0.39 is 10.0 Å². The summed E-state index contributed by atoms with van der Waals surface area (Å²) < 4.78 is 27.6. The van der Waals surface area contributed by atoms with Gasteiger partial charge in [0.25, 0.3) is 0 Å². The van der Waals surface area contributed by atoms with Gasteiger partial charge in [-0.2, -0.15) is 0 Å². The molecule has 1 aromatic rings. The summed E-state index contributed by atoms with van der Waals surface area (Å²) in [6, 6.07) is 5.63. The van der Waals surface area contributed by atoms with Crippen LogP contribution in [-0.2, 0) is 14.8 Å². The lowest BCUT2D eigenvalue weighted by atomic mass is 10.1. The molecule has 0 spiro atoms. The molecule has 0 saturated carbocycles. The number of benzene rings is 1. The van der Waals surface area contributed by atoms with Crippen LogP contribution in [0.2, 0.25) is 0 Å². The minimum absolute atomic E-state index is 0.0501. The third-order valence-electron chi connectivity index (χ3n) is 3.63. The Labute approximate surface area is 130 Å². The second-order valence-electron chi connectivity index (χ2n) is 5.42. The number of carbonyl (C=O) groups excluding carboxylic acids is 1. The van der Waals surface area contributed by atoms with Crippen LogP contribution in [0.15, 0.2) is 29.2 Å². The van der Waals surface area contributed by atoms with Crippen LogP contribution in [0.5, 0.6) is 0 Å². The Hall–Kier alpha value is -1.64. The first-order valence-electron chi connectivity index (χ1n) is 7.11. The van der Waals surface area contributed by atoms with E-state index in [1.54, 1.807) is 12.1 Å². The van der Waals surface area contributed by atoms with E-state index in [1.165, 1.54) is 12.1 Å². The summed E-state index contributed by atoms with van der Waals surface area (Å²) in [6.07, 6.45) is 0.963. The monoisotopic (exact) mass is 327 g/mol. The van der Waals surface area contributed by atoms with Crippen LogP contribution in [0, 0.1) is 5.92 Å². The minimum Gasteiger partial charge on any atom is -0.381 e. The summed E-state index contributed by atoms with van der Waals surface area (Å²) in [7, 11) is -3.70. The lowest BCUT2D eigenvalue weighted by Crippen LogP contribution is -2.39. The summed E-state index contributed by atoms with van der Waals surface area (Å²) in [6.45, 7) is 3.85. The molecule has 0 bridgehead atoms. The lowest BCUT2D eigenvalue weighted by Gasteiger charge is -2.16. The van der Waals surface area contributed by atoms with Gasteiger partial charge in [-0.3, -0.25) is 0 Å². The van der Waals surface area contributed by atoms with E-state index >= 15 is 0 Å². The summed E-state index contributed by atoms with van der Waals surface area (Å²) in [5.74, 6) is 0.370. The average molecular weight is 327 g/mol. The maximum absolute atomic E-state index is 11.8. The van der Waals surface area contributed by atoms with Crippen molar-refractivity contribution in [1.82, 2.24) is 10.6 Å². The quantitative estimate of drug-likeness (QED) is 0.740. The topological polar surface area (TPSA) is 111 Å². The van der Waals surface area contributed by atoms with E-state index in [0.717, 1.165) is 18.6 Å². The maximum Gasteiger partial charge on any atom is 0.315 e. The largest absolute Gasteiger partial charge is 0.381 e. The first-order valence-corrected chi connectivity index (χ1v) is 8.66. The lowest BCUT2D eigenvalue weighted by molar-refractivity contribution is 0.185. The van der Waals surface area contributed by atoms with Gasteiger partial charge in [-0.1, -0.05) is 12.1 Å². The number of urea groups is 1. The van der Waals surface area contributed by atoms with Crippen LogP contribution in [0.4, 0.5) is 4.79 Å². The standard InChI is InChI=1S/C14H21N3O4S/c1-10(12-2-4-13(5-3-12)22(15,19)20)17-14(18)16-8-11-6-7-21-9-11/h2-5,10-11H,6-9H2,1H3,(H2,15,19,20)(H2,16,17,18). The number of ether oxygens (including phenoxy) is 1. The van der Waals surface area contributed by atoms with E-state index in [-0.39, 0.29) is 17.0 Å². The van der Waals surface area contributed by atoms with Crippen LogP contribution >= 0.6 is 0 Å². The van der Waals surface area contributed by atoms with Crippen molar-refractivity contribution in [1.29, 1.82) is 0 Å². The first kappa shape index (κ1) is 16.7. The zero-order valence-corrected chi connectivity index (χ0v) is 13.2. The molecule has 0 radical (unpaired) electrons. The van der Waals surface area contributed by atoms with Gasteiger partial charge in [0.05, 0.1) is 17.5 Å². The second-order valence-corrected chi connectivity index (χ2v) is 6.98. The first-order chi connectivity index (χ1) is 10.4. The molecule has 0 aliphatic carbocycles. The Morgan fingerprint density at radius 3 is 2.64 bits per heavy atom. The molecule has 1 heterocycles. The van der Waals surface area contributed by atoms with Crippen LogP contribution in [0.1, 0.15) is 24.9 Å². The van der Waals surface area contributed by atoms with Gasteiger partial charge in [-0.05, 0) is 31.0 Å².